The average molecular weight is 444 g/mol. The molecule has 0 radical (unpaired) electrons. The van der Waals surface area contributed by atoms with Crippen molar-refractivity contribution in [1.82, 2.24) is 14.5 Å². The summed E-state index contributed by atoms with van der Waals surface area (Å²) in [4.78, 5) is 19.5. The number of aromatic nitrogens is 2. The molecule has 2 heterocycles. The van der Waals surface area contributed by atoms with Crippen molar-refractivity contribution in [2.75, 3.05) is 13.1 Å². The molecule has 1 atom stereocenters. The Morgan fingerprint density at radius 1 is 1.16 bits per heavy atom. The van der Waals surface area contributed by atoms with Crippen molar-refractivity contribution >= 4 is 10.9 Å². The number of rotatable bonds is 4. The molecule has 0 amide bonds. The minimum Gasteiger partial charge on any atom is -0.301 e. The normalized spacial score (nSPS) is 17.9. The highest BCUT2D eigenvalue weighted by atomic mass is 19.4. The smallest absolute Gasteiger partial charge is 0.301 e. The number of alkyl halides is 3. The Morgan fingerprint density at radius 2 is 1.91 bits per heavy atom. The highest BCUT2D eigenvalue weighted by Crippen LogP contribution is 2.31. The standard InChI is InChI=1S/C25H28F3N3O/c1-16(2)30-12-6-8-18(14-30)15-31-23(32)21-13-19(20-9-5-4-7-17(20)3)10-11-22(21)29-24(31)25(26,27)28/h4-5,7,9-11,13,16,18H,6,8,12,14-15H2,1-3H3/t18-/m0/s1. The molecule has 32 heavy (non-hydrogen) atoms. The number of piperidine rings is 1. The Labute approximate surface area is 185 Å². The Balaban J connectivity index is 1.81. The van der Waals surface area contributed by atoms with Crippen molar-refractivity contribution in [2.24, 2.45) is 5.92 Å². The summed E-state index contributed by atoms with van der Waals surface area (Å²) in [5.74, 6) is -1.14. The summed E-state index contributed by atoms with van der Waals surface area (Å²) in [7, 11) is 0. The molecule has 0 bridgehead atoms. The maximum absolute atomic E-state index is 13.9. The number of likely N-dealkylation sites (tertiary alicyclic amines) is 1. The third kappa shape index (κ3) is 4.44. The van der Waals surface area contributed by atoms with Gasteiger partial charge in [0, 0.05) is 19.1 Å². The number of nitrogens with zero attached hydrogens (tertiary/aromatic N) is 3. The zero-order valence-electron chi connectivity index (χ0n) is 18.6. The van der Waals surface area contributed by atoms with Crippen LogP contribution in [0.5, 0.6) is 0 Å². The van der Waals surface area contributed by atoms with E-state index >= 15 is 0 Å². The molecule has 0 spiro atoms. The lowest BCUT2D eigenvalue weighted by Gasteiger charge is -2.35. The van der Waals surface area contributed by atoms with Gasteiger partial charge in [-0.2, -0.15) is 13.2 Å². The number of halogens is 3. The average Bonchev–Trinajstić information content (AvgIpc) is 2.75. The Morgan fingerprint density at radius 3 is 2.59 bits per heavy atom. The van der Waals surface area contributed by atoms with E-state index in [0.29, 0.717) is 12.6 Å². The number of hydrogen-bond acceptors (Lipinski definition) is 3. The molecule has 170 valence electrons. The molecule has 1 aromatic heterocycles. The van der Waals surface area contributed by atoms with Crippen molar-refractivity contribution in [1.29, 1.82) is 0 Å². The Kier molecular flexibility index (Phi) is 6.12. The van der Waals surface area contributed by atoms with Crippen LogP contribution in [0.4, 0.5) is 13.2 Å². The SMILES string of the molecule is Cc1ccccc1-c1ccc2nc(C(F)(F)F)n(C[C@H]3CCCN(C(C)C)C3)c(=O)c2c1. The summed E-state index contributed by atoms with van der Waals surface area (Å²) in [5, 5.41) is 0.218. The van der Waals surface area contributed by atoms with Crippen LogP contribution in [-0.4, -0.2) is 33.6 Å². The first kappa shape index (κ1) is 22.5. The lowest BCUT2D eigenvalue weighted by atomic mass is 9.96. The second-order valence-electron chi connectivity index (χ2n) is 8.99. The molecule has 4 rings (SSSR count). The Hall–Kier alpha value is -2.67. The Bertz CT molecular complexity index is 1180. The molecule has 1 fully saturated rings. The molecular weight excluding hydrogens is 415 g/mol. The molecule has 1 aliphatic rings. The molecule has 4 nitrogen and oxygen atoms in total. The topological polar surface area (TPSA) is 38.1 Å². The van der Waals surface area contributed by atoms with Crippen LogP contribution in [0.15, 0.2) is 47.3 Å². The van der Waals surface area contributed by atoms with E-state index in [1.807, 2.05) is 31.2 Å². The summed E-state index contributed by atoms with van der Waals surface area (Å²) >= 11 is 0. The van der Waals surface area contributed by atoms with Gasteiger partial charge in [0.25, 0.3) is 5.56 Å². The first-order valence-corrected chi connectivity index (χ1v) is 11.1. The van der Waals surface area contributed by atoms with Crippen LogP contribution in [0.2, 0.25) is 0 Å². The summed E-state index contributed by atoms with van der Waals surface area (Å²) in [6, 6.07) is 13.0. The van der Waals surface area contributed by atoms with Gasteiger partial charge in [-0.25, -0.2) is 4.98 Å². The summed E-state index contributed by atoms with van der Waals surface area (Å²) in [6.07, 6.45) is -2.99. The first-order chi connectivity index (χ1) is 15.1. The van der Waals surface area contributed by atoms with Crippen LogP contribution in [0, 0.1) is 12.8 Å². The highest BCUT2D eigenvalue weighted by Gasteiger charge is 2.38. The lowest BCUT2D eigenvalue weighted by molar-refractivity contribution is -0.148. The number of benzene rings is 2. The molecule has 0 aliphatic carbocycles. The second kappa shape index (κ2) is 8.70. The van der Waals surface area contributed by atoms with Crippen LogP contribution in [0.25, 0.3) is 22.0 Å². The van der Waals surface area contributed by atoms with E-state index in [2.05, 4.69) is 23.7 Å². The maximum Gasteiger partial charge on any atom is 0.449 e. The van der Waals surface area contributed by atoms with Gasteiger partial charge in [0.1, 0.15) is 0 Å². The van der Waals surface area contributed by atoms with E-state index in [4.69, 9.17) is 0 Å². The largest absolute Gasteiger partial charge is 0.449 e. The van der Waals surface area contributed by atoms with Crippen LogP contribution in [0.3, 0.4) is 0 Å². The van der Waals surface area contributed by atoms with E-state index < -0.39 is 17.6 Å². The molecule has 2 aromatic carbocycles. The van der Waals surface area contributed by atoms with Crippen molar-refractivity contribution in [3.05, 3.63) is 64.2 Å². The molecular formula is C25H28F3N3O. The van der Waals surface area contributed by atoms with Gasteiger partial charge in [0.15, 0.2) is 0 Å². The monoisotopic (exact) mass is 443 g/mol. The van der Waals surface area contributed by atoms with E-state index in [1.165, 1.54) is 6.07 Å². The van der Waals surface area contributed by atoms with Crippen LogP contribution < -0.4 is 5.56 Å². The van der Waals surface area contributed by atoms with Gasteiger partial charge in [0.2, 0.25) is 5.82 Å². The van der Waals surface area contributed by atoms with Gasteiger partial charge >= 0.3 is 6.18 Å². The van der Waals surface area contributed by atoms with Gasteiger partial charge in [-0.1, -0.05) is 30.3 Å². The molecule has 1 aliphatic heterocycles. The van der Waals surface area contributed by atoms with E-state index in [1.54, 1.807) is 12.1 Å². The van der Waals surface area contributed by atoms with Crippen molar-refractivity contribution < 1.29 is 13.2 Å². The van der Waals surface area contributed by atoms with Gasteiger partial charge in [0.05, 0.1) is 10.9 Å². The van der Waals surface area contributed by atoms with Gasteiger partial charge in [-0.05, 0) is 74.9 Å². The predicted octanol–water partition coefficient (Wildman–Crippen LogP) is 5.51. The fraction of sp³-hybridized carbons (Fsp3) is 0.440. The minimum absolute atomic E-state index is 0.0223. The molecule has 3 aromatic rings. The minimum atomic E-state index is -4.70. The third-order valence-corrected chi connectivity index (χ3v) is 6.39. The van der Waals surface area contributed by atoms with Crippen LogP contribution in [0.1, 0.15) is 38.1 Å². The van der Waals surface area contributed by atoms with Crippen molar-refractivity contribution in [3.8, 4) is 11.1 Å². The molecule has 1 saturated heterocycles. The number of hydrogen-bond donors (Lipinski definition) is 0. The fourth-order valence-electron chi connectivity index (χ4n) is 4.64. The highest BCUT2D eigenvalue weighted by molar-refractivity contribution is 5.84. The second-order valence-corrected chi connectivity index (χ2v) is 8.99. The molecule has 0 saturated carbocycles. The van der Waals surface area contributed by atoms with Crippen molar-refractivity contribution in [2.45, 2.75) is 52.4 Å². The number of aryl methyl sites for hydroxylation is 1. The van der Waals surface area contributed by atoms with Gasteiger partial charge < -0.3 is 4.90 Å². The summed E-state index contributed by atoms with van der Waals surface area (Å²) in [5.41, 5.74) is 2.22. The van der Waals surface area contributed by atoms with Crippen LogP contribution >= 0.6 is 0 Å². The van der Waals surface area contributed by atoms with E-state index in [0.717, 1.165) is 40.6 Å². The van der Waals surface area contributed by atoms with E-state index in [9.17, 15) is 18.0 Å². The molecule has 7 heteroatoms. The third-order valence-electron chi connectivity index (χ3n) is 6.39. The lowest BCUT2D eigenvalue weighted by Crippen LogP contribution is -2.43. The fourth-order valence-corrected chi connectivity index (χ4v) is 4.64. The summed E-state index contributed by atoms with van der Waals surface area (Å²) < 4.78 is 42.5. The van der Waals surface area contributed by atoms with Crippen molar-refractivity contribution in [3.63, 3.8) is 0 Å². The maximum atomic E-state index is 13.9. The first-order valence-electron chi connectivity index (χ1n) is 11.1. The van der Waals surface area contributed by atoms with Gasteiger partial charge in [-0.15, -0.1) is 0 Å². The molecule has 0 unspecified atom stereocenters. The van der Waals surface area contributed by atoms with E-state index in [-0.39, 0.29) is 23.4 Å². The van der Waals surface area contributed by atoms with Crippen LogP contribution in [-0.2, 0) is 12.7 Å². The predicted molar refractivity (Wildman–Crippen MR) is 121 cm³/mol. The number of fused-ring (bicyclic) bond motifs is 1. The van der Waals surface area contributed by atoms with Gasteiger partial charge in [-0.3, -0.25) is 9.36 Å². The molecule has 0 N–H and O–H groups in total. The zero-order chi connectivity index (χ0) is 23.0. The quantitative estimate of drug-likeness (QED) is 0.534. The summed E-state index contributed by atoms with van der Waals surface area (Å²) in [6.45, 7) is 7.77. The zero-order valence-corrected chi connectivity index (χ0v) is 18.6.